The summed E-state index contributed by atoms with van der Waals surface area (Å²) in [7, 11) is 0. The first-order valence-electron chi connectivity index (χ1n) is 6.28. The van der Waals surface area contributed by atoms with E-state index in [9.17, 15) is 14.4 Å². The zero-order valence-electron chi connectivity index (χ0n) is 11.7. The van der Waals surface area contributed by atoms with Crippen LogP contribution in [0.15, 0.2) is 0 Å². The number of thioether (sulfide) groups is 2. The molecule has 0 amide bonds. The Labute approximate surface area is 127 Å². The fraction of sp³-hybridized carbons (Fsp3) is 0.750. The predicted molar refractivity (Wildman–Crippen MR) is 80.9 cm³/mol. The Morgan fingerprint density at radius 3 is 2.55 bits per heavy atom. The number of carbonyl (C=O) groups excluding carboxylic acids is 2. The number of carbonyl (C=O) groups is 3. The lowest BCUT2D eigenvalue weighted by molar-refractivity contribution is -0.144. The topological polar surface area (TPSA) is 107 Å². The summed E-state index contributed by atoms with van der Waals surface area (Å²) in [6.07, 6.45) is 0.302. The minimum absolute atomic E-state index is 0.0222. The highest BCUT2D eigenvalue weighted by Gasteiger charge is 2.17. The number of ether oxygens (including phenoxy) is 1. The molecule has 0 aliphatic rings. The van der Waals surface area contributed by atoms with Gasteiger partial charge in [-0.25, -0.2) is 0 Å². The molecule has 0 saturated heterocycles. The summed E-state index contributed by atoms with van der Waals surface area (Å²) in [6, 6.07) is -0.683. The van der Waals surface area contributed by atoms with E-state index in [0.717, 1.165) is 11.8 Å². The zero-order chi connectivity index (χ0) is 15.5. The van der Waals surface area contributed by atoms with Crippen LogP contribution in [0.3, 0.4) is 0 Å². The summed E-state index contributed by atoms with van der Waals surface area (Å²) in [5.74, 6) is -0.663. The van der Waals surface area contributed by atoms with Gasteiger partial charge >= 0.3 is 11.9 Å². The number of carboxylic acids is 1. The monoisotopic (exact) mass is 323 g/mol. The Hall–Kier alpha value is -0.730. The van der Waals surface area contributed by atoms with Crippen molar-refractivity contribution in [2.75, 3.05) is 18.1 Å². The fourth-order valence-corrected chi connectivity index (χ4v) is 3.11. The number of hydrogen-bond donors (Lipinski definition) is 2. The third-order valence-electron chi connectivity index (χ3n) is 2.18. The van der Waals surface area contributed by atoms with E-state index in [2.05, 4.69) is 0 Å². The van der Waals surface area contributed by atoms with Crippen LogP contribution in [0.2, 0.25) is 0 Å². The van der Waals surface area contributed by atoms with Gasteiger partial charge in [0.15, 0.2) is 5.12 Å². The van der Waals surface area contributed by atoms with Crippen molar-refractivity contribution in [1.82, 2.24) is 0 Å². The van der Waals surface area contributed by atoms with Gasteiger partial charge in [-0.05, 0) is 6.92 Å². The molecule has 0 aliphatic heterocycles. The average molecular weight is 323 g/mol. The highest BCUT2D eigenvalue weighted by molar-refractivity contribution is 8.13. The second kappa shape index (κ2) is 11.0. The maximum Gasteiger partial charge on any atom is 0.323 e. The lowest BCUT2D eigenvalue weighted by Gasteiger charge is -2.13. The Morgan fingerprint density at radius 1 is 1.35 bits per heavy atom. The highest BCUT2D eigenvalue weighted by Crippen LogP contribution is 2.19. The summed E-state index contributed by atoms with van der Waals surface area (Å²) < 4.78 is 4.79. The Bertz CT molecular complexity index is 338. The molecule has 116 valence electrons. The first-order valence-corrected chi connectivity index (χ1v) is 8.31. The first-order chi connectivity index (χ1) is 9.36. The van der Waals surface area contributed by atoms with Crippen molar-refractivity contribution in [2.24, 2.45) is 5.73 Å². The molecule has 2 atom stereocenters. The summed E-state index contributed by atoms with van der Waals surface area (Å²) >= 11 is 2.46. The molecule has 0 aliphatic carbocycles. The number of nitrogens with two attached hydrogens (primary N) is 1. The molecule has 0 aromatic carbocycles. The van der Waals surface area contributed by atoms with E-state index >= 15 is 0 Å². The van der Waals surface area contributed by atoms with Gasteiger partial charge in [0.05, 0.1) is 13.0 Å². The second-order valence-corrected chi connectivity index (χ2v) is 6.69. The van der Waals surface area contributed by atoms with Crippen molar-refractivity contribution < 1.29 is 24.2 Å². The van der Waals surface area contributed by atoms with E-state index in [-0.39, 0.29) is 22.5 Å². The molecule has 0 aromatic heterocycles. The standard InChI is InChI=1S/C12H21NO5S2/c1-3-18-12(17)9(13)7-20-8(2)6-11(16)19-5-4-10(14)15/h8-9H,3-7,13H2,1-2H3,(H,14,15). The molecule has 3 N–H and O–H groups in total. The molecule has 0 fully saturated rings. The number of carboxylic acid groups (broad SMARTS) is 1. The predicted octanol–water partition coefficient (Wildman–Crippen LogP) is 1.12. The van der Waals surface area contributed by atoms with Crippen LogP contribution >= 0.6 is 23.5 Å². The normalized spacial score (nSPS) is 13.6. The van der Waals surface area contributed by atoms with Crippen LogP contribution in [0, 0.1) is 0 Å². The molecule has 2 unspecified atom stereocenters. The van der Waals surface area contributed by atoms with Gasteiger partial charge in [0.25, 0.3) is 0 Å². The first kappa shape index (κ1) is 19.3. The molecule has 20 heavy (non-hydrogen) atoms. The van der Waals surface area contributed by atoms with Gasteiger partial charge in [-0.2, -0.15) is 11.8 Å². The molecular formula is C12H21NO5S2. The van der Waals surface area contributed by atoms with Crippen LogP contribution in [0.1, 0.15) is 26.7 Å². The third-order valence-corrected chi connectivity index (χ3v) is 4.37. The number of hydrogen-bond acceptors (Lipinski definition) is 7. The highest BCUT2D eigenvalue weighted by atomic mass is 32.2. The van der Waals surface area contributed by atoms with Gasteiger partial charge in [0.2, 0.25) is 0 Å². The number of esters is 1. The Balaban J connectivity index is 3.81. The van der Waals surface area contributed by atoms with Crippen molar-refractivity contribution in [3.8, 4) is 0 Å². The third kappa shape index (κ3) is 10.1. The van der Waals surface area contributed by atoms with Gasteiger partial charge in [-0.1, -0.05) is 18.7 Å². The fourth-order valence-electron chi connectivity index (χ4n) is 1.19. The minimum Gasteiger partial charge on any atom is -0.481 e. The maximum atomic E-state index is 11.5. The SMILES string of the molecule is CCOC(=O)C(N)CSC(C)CC(=O)SCCC(=O)O. The van der Waals surface area contributed by atoms with Crippen LogP contribution in [0.4, 0.5) is 0 Å². The van der Waals surface area contributed by atoms with Crippen LogP contribution < -0.4 is 5.73 Å². The molecule has 0 bridgehead atoms. The second-order valence-electron chi connectivity index (χ2n) is 4.07. The molecule has 6 nitrogen and oxygen atoms in total. The van der Waals surface area contributed by atoms with Crippen LogP contribution in [0.5, 0.6) is 0 Å². The van der Waals surface area contributed by atoms with Crippen LogP contribution in [0.25, 0.3) is 0 Å². The summed E-state index contributed by atoms with van der Waals surface area (Å²) in [6.45, 7) is 3.89. The van der Waals surface area contributed by atoms with Crippen LogP contribution in [-0.2, 0) is 19.1 Å². The van der Waals surface area contributed by atoms with E-state index in [1.54, 1.807) is 6.92 Å². The van der Waals surface area contributed by atoms with Crippen molar-refractivity contribution in [3.63, 3.8) is 0 Å². The zero-order valence-corrected chi connectivity index (χ0v) is 13.3. The Kier molecular flexibility index (Phi) is 10.6. The number of aliphatic carboxylic acids is 1. The summed E-state index contributed by atoms with van der Waals surface area (Å²) in [4.78, 5) is 33.2. The molecule has 0 aromatic rings. The van der Waals surface area contributed by atoms with E-state index in [1.807, 2.05) is 6.92 Å². The van der Waals surface area contributed by atoms with E-state index in [1.165, 1.54) is 11.8 Å². The molecule has 0 spiro atoms. The summed E-state index contributed by atoms with van der Waals surface area (Å²) in [5, 5.41) is 8.45. The molecule has 0 rings (SSSR count). The largest absolute Gasteiger partial charge is 0.481 e. The van der Waals surface area contributed by atoms with Crippen LogP contribution in [-0.4, -0.2) is 51.6 Å². The van der Waals surface area contributed by atoms with Gasteiger partial charge < -0.3 is 15.6 Å². The molecule has 0 saturated carbocycles. The van der Waals surface area contributed by atoms with Gasteiger partial charge in [0.1, 0.15) is 6.04 Å². The summed E-state index contributed by atoms with van der Waals surface area (Å²) in [5.41, 5.74) is 5.65. The van der Waals surface area contributed by atoms with Crippen molar-refractivity contribution >= 4 is 40.6 Å². The van der Waals surface area contributed by atoms with Gasteiger partial charge in [-0.15, -0.1) is 0 Å². The van der Waals surface area contributed by atoms with Gasteiger partial charge in [0, 0.05) is 23.2 Å². The van der Waals surface area contributed by atoms with Crippen molar-refractivity contribution in [2.45, 2.75) is 38.0 Å². The van der Waals surface area contributed by atoms with Crippen molar-refractivity contribution in [1.29, 1.82) is 0 Å². The average Bonchev–Trinajstić information content (AvgIpc) is 2.35. The Morgan fingerprint density at radius 2 is 2.00 bits per heavy atom. The molecule has 0 radical (unpaired) electrons. The number of rotatable bonds is 10. The maximum absolute atomic E-state index is 11.5. The smallest absolute Gasteiger partial charge is 0.323 e. The molecule has 0 heterocycles. The molecule has 8 heteroatoms. The lowest BCUT2D eigenvalue weighted by Crippen LogP contribution is -2.35. The quantitative estimate of drug-likeness (QED) is 0.576. The van der Waals surface area contributed by atoms with E-state index < -0.39 is 18.0 Å². The van der Waals surface area contributed by atoms with Gasteiger partial charge in [-0.3, -0.25) is 14.4 Å². The van der Waals surface area contributed by atoms with E-state index in [0.29, 0.717) is 18.8 Å². The van der Waals surface area contributed by atoms with E-state index in [4.69, 9.17) is 15.6 Å². The molecular weight excluding hydrogens is 302 g/mol. The minimum atomic E-state index is -0.909. The lowest BCUT2D eigenvalue weighted by atomic mass is 10.3. The van der Waals surface area contributed by atoms with Crippen molar-refractivity contribution in [3.05, 3.63) is 0 Å².